The molecule has 1 aromatic heterocycles. The lowest BCUT2D eigenvalue weighted by Gasteiger charge is -2.31. The molecule has 4 rings (SSSR count). The zero-order valence-electron chi connectivity index (χ0n) is 18.5. The third-order valence-corrected chi connectivity index (χ3v) is 6.53. The van der Waals surface area contributed by atoms with Gasteiger partial charge in [0.05, 0.1) is 24.2 Å². The van der Waals surface area contributed by atoms with Crippen molar-refractivity contribution in [1.29, 1.82) is 0 Å². The molecule has 0 saturated carbocycles. The van der Waals surface area contributed by atoms with E-state index in [0.717, 1.165) is 40.3 Å². The van der Waals surface area contributed by atoms with E-state index in [1.165, 1.54) is 11.1 Å². The van der Waals surface area contributed by atoms with Gasteiger partial charge < -0.3 is 14.2 Å². The van der Waals surface area contributed by atoms with Gasteiger partial charge in [-0.2, -0.15) is 0 Å². The first-order valence-corrected chi connectivity index (χ1v) is 11.5. The van der Waals surface area contributed by atoms with Gasteiger partial charge in [0.15, 0.2) is 0 Å². The number of aryl methyl sites for hydroxylation is 2. The first-order valence-electron chi connectivity index (χ1n) is 11.1. The van der Waals surface area contributed by atoms with Gasteiger partial charge in [-0.1, -0.05) is 43.1 Å². The molecule has 0 aliphatic carbocycles. The number of ether oxygens (including phenoxy) is 1. The molecular formula is C25H30ClN3O2. The van der Waals surface area contributed by atoms with Gasteiger partial charge in [-0.25, -0.2) is 4.98 Å². The molecular weight excluding hydrogens is 410 g/mol. The lowest BCUT2D eigenvalue weighted by Crippen LogP contribution is -2.44. The SMILES string of the molecule is CCC[C@@H](C(=O)N1CCOCC1)n1c(Cc2ccccc2Cl)nc2cc(C)c(C)cc21. The highest BCUT2D eigenvalue weighted by atomic mass is 35.5. The number of halogens is 1. The number of carbonyl (C=O) groups excluding carboxylic acids is 1. The van der Waals surface area contributed by atoms with Gasteiger partial charge in [-0.05, 0) is 55.2 Å². The predicted molar refractivity (Wildman–Crippen MR) is 125 cm³/mol. The third-order valence-electron chi connectivity index (χ3n) is 6.17. The van der Waals surface area contributed by atoms with Crippen molar-refractivity contribution in [3.63, 3.8) is 0 Å². The summed E-state index contributed by atoms with van der Waals surface area (Å²) in [4.78, 5) is 20.6. The maximum Gasteiger partial charge on any atom is 0.245 e. The highest BCUT2D eigenvalue weighted by Crippen LogP contribution is 2.30. The van der Waals surface area contributed by atoms with Gasteiger partial charge in [-0.3, -0.25) is 4.79 Å². The fraction of sp³-hybridized carbons (Fsp3) is 0.440. The molecule has 1 fully saturated rings. The van der Waals surface area contributed by atoms with Gasteiger partial charge in [0, 0.05) is 24.5 Å². The molecule has 1 saturated heterocycles. The fourth-order valence-corrected chi connectivity index (χ4v) is 4.52. The fourth-order valence-electron chi connectivity index (χ4n) is 4.32. The van der Waals surface area contributed by atoms with Crippen LogP contribution in [-0.2, 0) is 16.0 Å². The van der Waals surface area contributed by atoms with Crippen LogP contribution in [-0.4, -0.2) is 46.7 Å². The van der Waals surface area contributed by atoms with E-state index in [1.54, 1.807) is 0 Å². The molecule has 1 aliphatic rings. The van der Waals surface area contributed by atoms with Crippen LogP contribution in [0.25, 0.3) is 11.0 Å². The van der Waals surface area contributed by atoms with Crippen molar-refractivity contribution in [2.45, 2.75) is 46.1 Å². The van der Waals surface area contributed by atoms with Crippen molar-refractivity contribution in [1.82, 2.24) is 14.5 Å². The molecule has 1 amide bonds. The van der Waals surface area contributed by atoms with E-state index in [-0.39, 0.29) is 11.9 Å². The Morgan fingerprint density at radius 3 is 2.58 bits per heavy atom. The van der Waals surface area contributed by atoms with Crippen molar-refractivity contribution in [3.8, 4) is 0 Å². The largest absolute Gasteiger partial charge is 0.378 e. The minimum Gasteiger partial charge on any atom is -0.378 e. The summed E-state index contributed by atoms with van der Waals surface area (Å²) in [5, 5.41) is 0.722. The number of hydrogen-bond donors (Lipinski definition) is 0. The van der Waals surface area contributed by atoms with Crippen LogP contribution in [0.1, 0.15) is 48.3 Å². The number of rotatable bonds is 6. The number of morpholine rings is 1. The molecule has 31 heavy (non-hydrogen) atoms. The van der Waals surface area contributed by atoms with Crippen molar-refractivity contribution in [2.75, 3.05) is 26.3 Å². The average Bonchev–Trinajstić information content (AvgIpc) is 3.10. The van der Waals surface area contributed by atoms with Gasteiger partial charge in [0.1, 0.15) is 11.9 Å². The van der Waals surface area contributed by atoms with Gasteiger partial charge in [0.25, 0.3) is 0 Å². The van der Waals surface area contributed by atoms with Crippen LogP contribution in [0.3, 0.4) is 0 Å². The van der Waals surface area contributed by atoms with Crippen molar-refractivity contribution >= 4 is 28.5 Å². The van der Waals surface area contributed by atoms with Crippen LogP contribution in [0, 0.1) is 13.8 Å². The maximum atomic E-state index is 13.6. The summed E-state index contributed by atoms with van der Waals surface area (Å²) in [6.45, 7) is 8.82. The van der Waals surface area contributed by atoms with E-state index >= 15 is 0 Å². The van der Waals surface area contributed by atoms with E-state index in [0.29, 0.717) is 32.7 Å². The summed E-state index contributed by atoms with van der Waals surface area (Å²) in [6.07, 6.45) is 2.27. The van der Waals surface area contributed by atoms with E-state index < -0.39 is 0 Å². The second kappa shape index (κ2) is 9.41. The van der Waals surface area contributed by atoms with Gasteiger partial charge in [0.2, 0.25) is 5.91 Å². The Balaban J connectivity index is 1.84. The smallest absolute Gasteiger partial charge is 0.245 e. The molecule has 0 N–H and O–H groups in total. The monoisotopic (exact) mass is 439 g/mol. The minimum atomic E-state index is -0.285. The Labute approximate surface area is 189 Å². The Kier molecular flexibility index (Phi) is 6.63. The van der Waals surface area contributed by atoms with Crippen LogP contribution in [0.4, 0.5) is 0 Å². The van der Waals surface area contributed by atoms with E-state index in [9.17, 15) is 4.79 Å². The normalized spacial score (nSPS) is 15.4. The lowest BCUT2D eigenvalue weighted by molar-refractivity contribution is -0.139. The molecule has 1 atom stereocenters. The van der Waals surface area contributed by atoms with Crippen LogP contribution in [0.5, 0.6) is 0 Å². The number of carbonyl (C=O) groups is 1. The van der Waals surface area contributed by atoms with Crippen LogP contribution >= 0.6 is 11.6 Å². The van der Waals surface area contributed by atoms with Gasteiger partial charge >= 0.3 is 0 Å². The van der Waals surface area contributed by atoms with E-state index in [2.05, 4.69) is 37.5 Å². The molecule has 2 aromatic carbocycles. The second-order valence-electron chi connectivity index (χ2n) is 8.33. The molecule has 164 valence electrons. The van der Waals surface area contributed by atoms with Gasteiger partial charge in [-0.15, -0.1) is 0 Å². The zero-order chi connectivity index (χ0) is 22.0. The van der Waals surface area contributed by atoms with E-state index in [4.69, 9.17) is 21.3 Å². The topological polar surface area (TPSA) is 47.4 Å². The number of nitrogens with zero attached hydrogens (tertiary/aromatic N) is 3. The Hall–Kier alpha value is -2.37. The molecule has 0 spiro atoms. The highest BCUT2D eigenvalue weighted by Gasteiger charge is 2.30. The maximum absolute atomic E-state index is 13.6. The molecule has 6 heteroatoms. The summed E-state index contributed by atoms with van der Waals surface area (Å²) in [7, 11) is 0. The minimum absolute atomic E-state index is 0.156. The predicted octanol–water partition coefficient (Wildman–Crippen LogP) is 5.10. The summed E-state index contributed by atoms with van der Waals surface area (Å²) in [5.74, 6) is 1.04. The number of benzene rings is 2. The molecule has 5 nitrogen and oxygen atoms in total. The first kappa shape index (κ1) is 21.8. The number of imidazole rings is 1. The summed E-state index contributed by atoms with van der Waals surface area (Å²) < 4.78 is 7.64. The van der Waals surface area contributed by atoms with E-state index in [1.807, 2.05) is 29.2 Å². The number of fused-ring (bicyclic) bond motifs is 1. The first-order chi connectivity index (χ1) is 15.0. The Bertz CT molecular complexity index is 1090. The quantitative estimate of drug-likeness (QED) is 0.537. The average molecular weight is 440 g/mol. The highest BCUT2D eigenvalue weighted by molar-refractivity contribution is 6.31. The van der Waals surface area contributed by atoms with Crippen LogP contribution in [0.2, 0.25) is 5.02 Å². The zero-order valence-corrected chi connectivity index (χ0v) is 19.3. The van der Waals surface area contributed by atoms with Crippen molar-refractivity contribution in [3.05, 3.63) is 63.9 Å². The number of aromatic nitrogens is 2. The lowest BCUT2D eigenvalue weighted by atomic mass is 10.1. The molecule has 0 unspecified atom stereocenters. The summed E-state index contributed by atoms with van der Waals surface area (Å²) in [6, 6.07) is 11.9. The van der Waals surface area contributed by atoms with Crippen molar-refractivity contribution < 1.29 is 9.53 Å². The molecule has 1 aliphatic heterocycles. The summed E-state index contributed by atoms with van der Waals surface area (Å²) >= 11 is 6.47. The second-order valence-corrected chi connectivity index (χ2v) is 8.74. The van der Waals surface area contributed by atoms with Crippen LogP contribution < -0.4 is 0 Å². The van der Waals surface area contributed by atoms with Crippen molar-refractivity contribution in [2.24, 2.45) is 0 Å². The standard InChI is InChI=1S/C25H30ClN3O2/c1-4-7-22(25(30)28-10-12-31-13-11-28)29-23-15-18(3)17(2)14-21(23)27-24(29)16-19-8-5-6-9-20(19)26/h5-6,8-9,14-15,22H,4,7,10-13,16H2,1-3H3/t22-/m0/s1. The Morgan fingerprint density at radius 2 is 1.87 bits per heavy atom. The Morgan fingerprint density at radius 1 is 1.16 bits per heavy atom. The van der Waals surface area contributed by atoms with Crippen LogP contribution in [0.15, 0.2) is 36.4 Å². The third kappa shape index (κ3) is 4.48. The molecule has 3 aromatic rings. The molecule has 2 heterocycles. The number of amides is 1. The molecule has 0 bridgehead atoms. The molecule has 0 radical (unpaired) electrons. The summed E-state index contributed by atoms with van der Waals surface area (Å²) in [5.41, 5.74) is 5.37. The number of hydrogen-bond acceptors (Lipinski definition) is 3.